The topological polar surface area (TPSA) is 59.2 Å². The van der Waals surface area contributed by atoms with Gasteiger partial charge in [0.1, 0.15) is 6.54 Å². The minimum atomic E-state index is -0.105. The first-order valence-electron chi connectivity index (χ1n) is 8.40. The molecule has 1 amide bonds. The van der Waals surface area contributed by atoms with Crippen molar-refractivity contribution in [1.29, 1.82) is 0 Å². The zero-order valence-corrected chi connectivity index (χ0v) is 15.7. The maximum absolute atomic E-state index is 12.8. The van der Waals surface area contributed by atoms with Crippen LogP contribution in [-0.4, -0.2) is 27.0 Å². The highest BCUT2D eigenvalue weighted by Gasteiger charge is 2.22. The van der Waals surface area contributed by atoms with Gasteiger partial charge in [-0.15, -0.1) is 0 Å². The van der Waals surface area contributed by atoms with Crippen LogP contribution in [0.3, 0.4) is 0 Å². The van der Waals surface area contributed by atoms with Crippen molar-refractivity contribution < 1.29 is 9.32 Å². The van der Waals surface area contributed by atoms with Crippen LogP contribution in [0.25, 0.3) is 11.4 Å². The first-order valence-corrected chi connectivity index (χ1v) is 8.78. The van der Waals surface area contributed by atoms with E-state index in [0.717, 1.165) is 11.1 Å². The Morgan fingerprint density at radius 3 is 2.38 bits per heavy atom. The van der Waals surface area contributed by atoms with Crippen LogP contribution in [0.15, 0.2) is 53.1 Å². The second kappa shape index (κ2) is 7.70. The number of hydrogen-bond donors (Lipinski definition) is 0. The molecule has 0 atom stereocenters. The molecular formula is C20H20ClN3O2. The molecule has 0 N–H and O–H groups in total. The maximum atomic E-state index is 12.8. The lowest BCUT2D eigenvalue weighted by molar-refractivity contribution is 0.0667. The Hall–Kier alpha value is -2.66. The van der Waals surface area contributed by atoms with Crippen LogP contribution in [0.5, 0.6) is 0 Å². The standard InChI is InChI=1S/C20H20ClN3O2/c1-13(2)24(20(25)16-8-10-17(21)11-9-16)12-18-22-19(23-26-18)15-6-4-14(3)5-7-15/h4-11,13H,12H2,1-3H3. The SMILES string of the molecule is Cc1ccc(-c2noc(CN(C(=O)c3ccc(Cl)cc3)C(C)C)n2)cc1. The number of halogens is 1. The summed E-state index contributed by atoms with van der Waals surface area (Å²) in [6.45, 7) is 6.17. The molecule has 3 rings (SSSR count). The second-order valence-electron chi connectivity index (χ2n) is 6.41. The van der Waals surface area contributed by atoms with Crippen molar-refractivity contribution >= 4 is 17.5 Å². The fourth-order valence-corrected chi connectivity index (χ4v) is 2.66. The average Bonchev–Trinajstić information content (AvgIpc) is 3.09. The van der Waals surface area contributed by atoms with Gasteiger partial charge in [0.2, 0.25) is 11.7 Å². The third kappa shape index (κ3) is 4.11. The fraction of sp³-hybridized carbons (Fsp3) is 0.250. The number of amides is 1. The molecule has 3 aromatic rings. The molecule has 0 aliphatic heterocycles. The lowest BCUT2D eigenvalue weighted by Crippen LogP contribution is -2.36. The molecule has 6 heteroatoms. The summed E-state index contributed by atoms with van der Waals surface area (Å²) < 4.78 is 5.36. The number of carbonyl (C=O) groups is 1. The minimum Gasteiger partial charge on any atom is -0.337 e. The normalized spacial score (nSPS) is 11.0. The van der Waals surface area contributed by atoms with Crippen LogP contribution in [0.4, 0.5) is 0 Å². The van der Waals surface area contributed by atoms with Gasteiger partial charge in [-0.2, -0.15) is 4.98 Å². The summed E-state index contributed by atoms with van der Waals surface area (Å²) in [5.41, 5.74) is 2.61. The van der Waals surface area contributed by atoms with Crippen LogP contribution >= 0.6 is 11.6 Å². The number of benzene rings is 2. The van der Waals surface area contributed by atoms with Gasteiger partial charge in [0.15, 0.2) is 0 Å². The number of nitrogens with zero attached hydrogens (tertiary/aromatic N) is 3. The van der Waals surface area contributed by atoms with Gasteiger partial charge in [0, 0.05) is 22.2 Å². The van der Waals surface area contributed by atoms with E-state index < -0.39 is 0 Å². The molecule has 2 aromatic carbocycles. The maximum Gasteiger partial charge on any atom is 0.254 e. The number of hydrogen-bond acceptors (Lipinski definition) is 4. The number of aryl methyl sites for hydroxylation is 1. The van der Waals surface area contributed by atoms with E-state index in [0.29, 0.717) is 22.3 Å². The Balaban J connectivity index is 1.79. The molecule has 0 saturated heterocycles. The molecule has 0 saturated carbocycles. The van der Waals surface area contributed by atoms with Gasteiger partial charge < -0.3 is 9.42 Å². The molecule has 0 fully saturated rings. The van der Waals surface area contributed by atoms with Gasteiger partial charge in [-0.3, -0.25) is 4.79 Å². The second-order valence-corrected chi connectivity index (χ2v) is 6.85. The fourth-order valence-electron chi connectivity index (χ4n) is 2.53. The first-order chi connectivity index (χ1) is 12.4. The van der Waals surface area contributed by atoms with Crippen LogP contribution < -0.4 is 0 Å². The van der Waals surface area contributed by atoms with E-state index in [2.05, 4.69) is 10.1 Å². The van der Waals surface area contributed by atoms with Gasteiger partial charge in [-0.1, -0.05) is 46.6 Å². The predicted molar refractivity (Wildman–Crippen MR) is 101 cm³/mol. The van der Waals surface area contributed by atoms with Gasteiger partial charge >= 0.3 is 0 Å². The van der Waals surface area contributed by atoms with Gasteiger partial charge in [-0.25, -0.2) is 0 Å². The van der Waals surface area contributed by atoms with Gasteiger partial charge in [0.25, 0.3) is 5.91 Å². The summed E-state index contributed by atoms with van der Waals surface area (Å²) in [4.78, 5) is 18.9. The van der Waals surface area contributed by atoms with Crippen molar-refractivity contribution in [3.05, 3.63) is 70.6 Å². The Kier molecular flexibility index (Phi) is 5.38. The third-order valence-corrected chi connectivity index (χ3v) is 4.31. The number of rotatable bonds is 5. The molecule has 1 aromatic heterocycles. The van der Waals surface area contributed by atoms with Crippen LogP contribution in [-0.2, 0) is 6.54 Å². The molecule has 0 spiro atoms. The molecule has 0 bridgehead atoms. The Labute approximate surface area is 157 Å². The highest BCUT2D eigenvalue weighted by Crippen LogP contribution is 2.19. The molecule has 134 valence electrons. The first kappa shape index (κ1) is 18.1. The molecule has 0 radical (unpaired) electrons. The zero-order valence-electron chi connectivity index (χ0n) is 14.9. The summed E-state index contributed by atoms with van der Waals surface area (Å²) in [7, 11) is 0. The number of carbonyl (C=O) groups excluding carboxylic acids is 1. The largest absolute Gasteiger partial charge is 0.337 e. The van der Waals surface area contributed by atoms with E-state index in [-0.39, 0.29) is 18.5 Å². The molecule has 26 heavy (non-hydrogen) atoms. The van der Waals surface area contributed by atoms with E-state index in [1.165, 1.54) is 0 Å². The molecule has 1 heterocycles. The van der Waals surface area contributed by atoms with Crippen molar-refractivity contribution in [3.8, 4) is 11.4 Å². The third-order valence-electron chi connectivity index (χ3n) is 4.06. The summed E-state index contributed by atoms with van der Waals surface area (Å²) in [6, 6.07) is 14.7. The summed E-state index contributed by atoms with van der Waals surface area (Å²) in [5, 5.41) is 4.63. The quantitative estimate of drug-likeness (QED) is 0.651. The summed E-state index contributed by atoms with van der Waals surface area (Å²) >= 11 is 5.90. The lowest BCUT2D eigenvalue weighted by atomic mass is 10.1. The molecule has 0 aliphatic rings. The van der Waals surface area contributed by atoms with E-state index >= 15 is 0 Å². The number of aromatic nitrogens is 2. The lowest BCUT2D eigenvalue weighted by Gasteiger charge is -2.25. The van der Waals surface area contributed by atoms with Crippen LogP contribution in [0, 0.1) is 6.92 Å². The molecule has 0 unspecified atom stereocenters. The monoisotopic (exact) mass is 369 g/mol. The minimum absolute atomic E-state index is 0.0205. The zero-order chi connectivity index (χ0) is 18.7. The van der Waals surface area contributed by atoms with E-state index in [9.17, 15) is 4.79 Å². The smallest absolute Gasteiger partial charge is 0.254 e. The average molecular weight is 370 g/mol. The van der Waals surface area contributed by atoms with E-state index in [1.807, 2.05) is 45.0 Å². The Morgan fingerprint density at radius 2 is 1.77 bits per heavy atom. The highest BCUT2D eigenvalue weighted by atomic mass is 35.5. The molecule has 5 nitrogen and oxygen atoms in total. The van der Waals surface area contributed by atoms with Crippen LogP contribution in [0.2, 0.25) is 5.02 Å². The highest BCUT2D eigenvalue weighted by molar-refractivity contribution is 6.30. The van der Waals surface area contributed by atoms with Crippen molar-refractivity contribution in [2.24, 2.45) is 0 Å². The van der Waals surface area contributed by atoms with E-state index in [4.69, 9.17) is 16.1 Å². The molecular weight excluding hydrogens is 350 g/mol. The Morgan fingerprint density at radius 1 is 1.12 bits per heavy atom. The van der Waals surface area contributed by atoms with Crippen molar-refractivity contribution in [3.63, 3.8) is 0 Å². The van der Waals surface area contributed by atoms with Crippen molar-refractivity contribution in [2.45, 2.75) is 33.4 Å². The summed E-state index contributed by atoms with van der Waals surface area (Å²) in [6.07, 6.45) is 0. The van der Waals surface area contributed by atoms with E-state index in [1.54, 1.807) is 29.2 Å². The van der Waals surface area contributed by atoms with Gasteiger partial charge in [-0.05, 0) is 45.0 Å². The molecule has 0 aliphatic carbocycles. The van der Waals surface area contributed by atoms with Crippen molar-refractivity contribution in [2.75, 3.05) is 0 Å². The summed E-state index contributed by atoms with van der Waals surface area (Å²) in [5.74, 6) is 0.811. The van der Waals surface area contributed by atoms with Crippen LogP contribution in [0.1, 0.15) is 35.7 Å². The predicted octanol–water partition coefficient (Wildman–Crippen LogP) is 4.75. The Bertz CT molecular complexity index is 886. The van der Waals surface area contributed by atoms with Crippen molar-refractivity contribution in [1.82, 2.24) is 15.0 Å². The van der Waals surface area contributed by atoms with Gasteiger partial charge in [0.05, 0.1) is 0 Å².